The first kappa shape index (κ1) is 20.4. The lowest BCUT2D eigenvalue weighted by atomic mass is 10.1. The Hall–Kier alpha value is -1.66. The maximum atomic E-state index is 11.9. The van der Waals surface area contributed by atoms with Crippen molar-refractivity contribution in [3.63, 3.8) is 0 Å². The van der Waals surface area contributed by atoms with Gasteiger partial charge in [-0.25, -0.2) is 0 Å². The predicted molar refractivity (Wildman–Crippen MR) is 98.1 cm³/mol. The van der Waals surface area contributed by atoms with Crippen molar-refractivity contribution in [3.8, 4) is 11.5 Å². The van der Waals surface area contributed by atoms with Gasteiger partial charge < -0.3 is 14.2 Å². The van der Waals surface area contributed by atoms with E-state index in [4.69, 9.17) is 13.5 Å². The number of ether oxygens (including phenoxy) is 1. The zero-order chi connectivity index (χ0) is 17.8. The van der Waals surface area contributed by atoms with Crippen molar-refractivity contribution in [2.75, 3.05) is 7.11 Å². The quantitative estimate of drug-likeness (QED) is 0.346. The zero-order valence-electron chi connectivity index (χ0n) is 14.6. The Morgan fingerprint density at radius 2 is 2.12 bits per heavy atom. The predicted octanol–water partition coefficient (Wildman–Crippen LogP) is 4.58. The molecule has 0 radical (unpaired) electrons. The molecule has 0 aliphatic carbocycles. The van der Waals surface area contributed by atoms with E-state index in [2.05, 4.69) is 31.3 Å². The number of unbranched alkanes of at least 4 members (excludes halogenated alkanes) is 2. The Morgan fingerprint density at radius 3 is 2.79 bits per heavy atom. The lowest BCUT2D eigenvalue weighted by Crippen LogP contribution is -2.22. The molecule has 0 heterocycles. The van der Waals surface area contributed by atoms with Gasteiger partial charge in [-0.1, -0.05) is 32.1 Å². The number of nitrogens with one attached hydrogen (secondary N) is 1. The number of benzene rings is 1. The molecule has 0 fully saturated rings. The van der Waals surface area contributed by atoms with E-state index in [0.29, 0.717) is 30.4 Å². The summed E-state index contributed by atoms with van der Waals surface area (Å²) in [6.45, 7) is 4.75. The van der Waals surface area contributed by atoms with Crippen molar-refractivity contribution in [1.29, 1.82) is 0 Å². The smallest absolute Gasteiger partial charge is 0.222 e. The number of amides is 1. The summed E-state index contributed by atoms with van der Waals surface area (Å²) >= 11 is 0.270. The summed E-state index contributed by atoms with van der Waals surface area (Å²) < 4.78 is 18.9. The third kappa shape index (κ3) is 8.26. The van der Waals surface area contributed by atoms with E-state index in [-0.39, 0.29) is 18.2 Å². The normalized spacial score (nSPS) is 11.0. The molecule has 0 aliphatic heterocycles. The first-order chi connectivity index (χ1) is 11.6. The molecule has 0 aliphatic rings. The fraction of sp³-hybridized carbons (Fsp3) is 0.500. The molecular formula is C18H27NO4S. The molecule has 0 spiro atoms. The van der Waals surface area contributed by atoms with Crippen molar-refractivity contribution in [2.45, 2.75) is 46.1 Å². The number of allylic oxidation sites excluding steroid dienone is 2. The number of hydrogen-bond donors (Lipinski definition) is 2. The van der Waals surface area contributed by atoms with Gasteiger partial charge in [-0.3, -0.25) is 9.35 Å². The van der Waals surface area contributed by atoms with Crippen molar-refractivity contribution in [1.82, 2.24) is 5.32 Å². The van der Waals surface area contributed by atoms with Crippen molar-refractivity contribution in [2.24, 2.45) is 5.92 Å². The standard InChI is InChI=1S/C18H27NO4S/c1-14(2)8-6-4-5-7-9-18(20)19-13-15-10-11-16(23-24-21)17(12-15)22-3/h6,8,10-12,14,21H,4-5,7,9,13H2,1-3H3,(H,19,20)/b8-6+. The second-order valence-electron chi connectivity index (χ2n) is 5.84. The summed E-state index contributed by atoms with van der Waals surface area (Å²) in [5.74, 6) is 1.58. The van der Waals surface area contributed by atoms with Gasteiger partial charge in [-0.2, -0.15) is 0 Å². The summed E-state index contributed by atoms with van der Waals surface area (Å²) in [4.78, 5) is 11.9. The fourth-order valence-electron chi connectivity index (χ4n) is 2.14. The largest absolute Gasteiger partial charge is 0.493 e. The van der Waals surface area contributed by atoms with Crippen LogP contribution in [0.15, 0.2) is 30.4 Å². The summed E-state index contributed by atoms with van der Waals surface area (Å²) in [6, 6.07) is 5.30. The van der Waals surface area contributed by atoms with Crippen LogP contribution in [0.4, 0.5) is 0 Å². The van der Waals surface area contributed by atoms with Gasteiger partial charge >= 0.3 is 0 Å². The van der Waals surface area contributed by atoms with E-state index < -0.39 is 0 Å². The molecule has 0 saturated carbocycles. The van der Waals surface area contributed by atoms with Gasteiger partial charge in [0.05, 0.1) is 7.11 Å². The van der Waals surface area contributed by atoms with Crippen LogP contribution < -0.4 is 14.2 Å². The summed E-state index contributed by atoms with van der Waals surface area (Å²) in [6.07, 6.45) is 7.84. The zero-order valence-corrected chi connectivity index (χ0v) is 15.4. The molecule has 0 bridgehead atoms. The average molecular weight is 353 g/mol. The van der Waals surface area contributed by atoms with Crippen molar-refractivity contribution < 1.29 is 18.3 Å². The highest BCUT2D eigenvalue weighted by Gasteiger charge is 2.07. The SMILES string of the molecule is COc1cc(CNC(=O)CCCC/C=C/C(C)C)ccc1OSO. The molecule has 1 rings (SSSR count). The van der Waals surface area contributed by atoms with Gasteiger partial charge in [0.1, 0.15) is 0 Å². The van der Waals surface area contributed by atoms with E-state index >= 15 is 0 Å². The molecule has 1 amide bonds. The van der Waals surface area contributed by atoms with Crippen LogP contribution in [-0.2, 0) is 11.3 Å². The highest BCUT2D eigenvalue weighted by Crippen LogP contribution is 2.30. The maximum Gasteiger partial charge on any atom is 0.222 e. The van der Waals surface area contributed by atoms with E-state index in [9.17, 15) is 4.79 Å². The fourth-order valence-corrected chi connectivity index (χ4v) is 2.35. The molecular weight excluding hydrogens is 326 g/mol. The molecule has 2 N–H and O–H groups in total. The Morgan fingerprint density at radius 1 is 1.33 bits per heavy atom. The average Bonchev–Trinajstić information content (AvgIpc) is 2.57. The number of carbonyl (C=O) groups excluding carboxylic acids is 1. The number of hydrogen-bond acceptors (Lipinski definition) is 5. The number of rotatable bonds is 11. The van der Waals surface area contributed by atoms with Crippen molar-refractivity contribution >= 4 is 18.2 Å². The summed E-state index contributed by atoms with van der Waals surface area (Å²) in [5, 5.41) is 2.90. The Bertz CT molecular complexity index is 532. The molecule has 1 aromatic carbocycles. The highest BCUT2D eigenvalue weighted by molar-refractivity contribution is 7.89. The minimum Gasteiger partial charge on any atom is -0.493 e. The lowest BCUT2D eigenvalue weighted by molar-refractivity contribution is -0.121. The van der Waals surface area contributed by atoms with Crippen LogP contribution in [0.2, 0.25) is 0 Å². The first-order valence-corrected chi connectivity index (χ1v) is 8.85. The lowest BCUT2D eigenvalue weighted by Gasteiger charge is -2.10. The van der Waals surface area contributed by atoms with Gasteiger partial charge in [0.2, 0.25) is 18.2 Å². The van der Waals surface area contributed by atoms with Crippen LogP contribution in [0.5, 0.6) is 11.5 Å². The molecule has 24 heavy (non-hydrogen) atoms. The Labute approximate surface area is 148 Å². The van der Waals surface area contributed by atoms with Crippen LogP contribution in [0.3, 0.4) is 0 Å². The van der Waals surface area contributed by atoms with Crippen molar-refractivity contribution in [3.05, 3.63) is 35.9 Å². The van der Waals surface area contributed by atoms with Gasteiger partial charge in [-0.15, -0.1) is 0 Å². The number of carbonyl (C=O) groups is 1. The molecule has 0 unspecified atom stereocenters. The van der Waals surface area contributed by atoms with Gasteiger partial charge in [0, 0.05) is 13.0 Å². The molecule has 6 heteroatoms. The van der Waals surface area contributed by atoms with Gasteiger partial charge in [-0.05, 0) is 42.9 Å². The van der Waals surface area contributed by atoms with E-state index in [1.165, 1.54) is 7.11 Å². The van der Waals surface area contributed by atoms with Gasteiger partial charge in [0.25, 0.3) is 0 Å². The van der Waals surface area contributed by atoms with Crippen LogP contribution in [0.25, 0.3) is 0 Å². The monoisotopic (exact) mass is 353 g/mol. The number of methoxy groups -OCH3 is 1. The molecule has 5 nitrogen and oxygen atoms in total. The second kappa shape index (κ2) is 11.8. The minimum absolute atomic E-state index is 0.0491. The van der Waals surface area contributed by atoms with Crippen LogP contribution >= 0.6 is 12.3 Å². The summed E-state index contributed by atoms with van der Waals surface area (Å²) in [7, 11) is 1.53. The molecule has 0 saturated heterocycles. The Kier molecular flexibility index (Phi) is 10.0. The molecule has 1 aromatic rings. The third-order valence-electron chi connectivity index (χ3n) is 3.39. The van der Waals surface area contributed by atoms with E-state index in [1.54, 1.807) is 12.1 Å². The van der Waals surface area contributed by atoms with Crippen LogP contribution in [-0.4, -0.2) is 17.6 Å². The topological polar surface area (TPSA) is 67.8 Å². The summed E-state index contributed by atoms with van der Waals surface area (Å²) in [5.41, 5.74) is 0.912. The third-order valence-corrected chi connectivity index (χ3v) is 3.64. The molecule has 0 aromatic heterocycles. The maximum absolute atomic E-state index is 11.9. The molecule has 134 valence electrons. The highest BCUT2D eigenvalue weighted by atomic mass is 32.2. The molecule has 0 atom stereocenters. The minimum atomic E-state index is 0.0491. The van der Waals surface area contributed by atoms with E-state index in [1.807, 2.05) is 6.07 Å². The van der Waals surface area contributed by atoms with Gasteiger partial charge in [0.15, 0.2) is 11.5 Å². The first-order valence-electron chi connectivity index (χ1n) is 8.15. The van der Waals surface area contributed by atoms with Crippen LogP contribution in [0.1, 0.15) is 45.1 Å². The Balaban J connectivity index is 2.31. The van der Waals surface area contributed by atoms with Crippen LogP contribution in [0, 0.1) is 5.92 Å². The second-order valence-corrected chi connectivity index (χ2v) is 6.15. The van der Waals surface area contributed by atoms with E-state index in [0.717, 1.165) is 24.8 Å².